The highest BCUT2D eigenvalue weighted by molar-refractivity contribution is 7.99. The largest absolute Gasteiger partial charge is 0.450 e. The van der Waals surface area contributed by atoms with Gasteiger partial charge in [0, 0.05) is 4.90 Å². The Kier molecular flexibility index (Phi) is 5.29. The zero-order valence-electron chi connectivity index (χ0n) is 16.3. The van der Waals surface area contributed by atoms with Gasteiger partial charge in [-0.25, -0.2) is 9.69 Å². The molecule has 4 amide bonds. The van der Waals surface area contributed by atoms with Crippen LogP contribution < -0.4 is 10.2 Å². The van der Waals surface area contributed by atoms with Crippen LogP contribution in [0.3, 0.4) is 0 Å². The Morgan fingerprint density at radius 2 is 1.67 bits per heavy atom. The number of hydrogen-bond acceptors (Lipinski definition) is 5. The molecule has 1 aliphatic heterocycles. The van der Waals surface area contributed by atoms with E-state index in [-0.39, 0.29) is 5.57 Å². The van der Waals surface area contributed by atoms with Crippen molar-refractivity contribution in [3.8, 4) is 0 Å². The number of imide groups is 2. The normalized spacial score (nSPS) is 15.6. The topological polar surface area (TPSA) is 79.6 Å². The number of barbiturate groups is 1. The number of amides is 4. The number of nitrogens with one attached hydrogen (secondary N) is 1. The number of nitrogens with zero attached hydrogens (tertiary/aromatic N) is 1. The molecule has 0 saturated carbocycles. The summed E-state index contributed by atoms with van der Waals surface area (Å²) in [7, 11) is 0. The van der Waals surface area contributed by atoms with Crippen LogP contribution in [0, 0.1) is 13.8 Å². The first-order chi connectivity index (χ1) is 14.4. The lowest BCUT2D eigenvalue weighted by Gasteiger charge is -2.27. The van der Waals surface area contributed by atoms with Gasteiger partial charge in [0.1, 0.15) is 11.3 Å². The number of urea groups is 1. The highest BCUT2D eigenvalue weighted by Crippen LogP contribution is 2.31. The molecule has 2 heterocycles. The summed E-state index contributed by atoms with van der Waals surface area (Å²) in [6, 6.07) is 17.7. The summed E-state index contributed by atoms with van der Waals surface area (Å²) in [4.78, 5) is 39.6. The molecule has 2 aromatic carbocycles. The average molecular weight is 418 g/mol. The Morgan fingerprint density at radius 1 is 0.933 bits per heavy atom. The second kappa shape index (κ2) is 8.04. The zero-order valence-corrected chi connectivity index (χ0v) is 17.2. The van der Waals surface area contributed by atoms with E-state index in [2.05, 4.69) is 5.32 Å². The number of aryl methyl sites for hydroxylation is 2. The van der Waals surface area contributed by atoms with Crippen LogP contribution in [0.25, 0.3) is 6.08 Å². The Balaban J connectivity index is 1.61. The highest BCUT2D eigenvalue weighted by atomic mass is 32.2. The lowest BCUT2D eigenvalue weighted by Crippen LogP contribution is -2.54. The second-order valence-electron chi connectivity index (χ2n) is 6.82. The van der Waals surface area contributed by atoms with Gasteiger partial charge < -0.3 is 4.42 Å². The molecule has 1 fully saturated rings. The van der Waals surface area contributed by atoms with Gasteiger partial charge in [-0.05, 0) is 55.8 Å². The molecule has 1 N–H and O–H groups in total. The van der Waals surface area contributed by atoms with Gasteiger partial charge in [-0.1, -0.05) is 47.7 Å². The Morgan fingerprint density at radius 3 is 2.40 bits per heavy atom. The standard InChI is InChI=1S/C23H18N2O4S/c1-14-7-10-17(11-8-14)30-20-12-9-16(29-20)13-18-21(26)24-23(28)25(22(18)27)19-6-4-3-5-15(19)2/h3-13H,1-2H3,(H,24,26,28)/b18-13+. The zero-order chi connectivity index (χ0) is 21.3. The van der Waals surface area contributed by atoms with Crippen molar-refractivity contribution in [1.29, 1.82) is 0 Å². The van der Waals surface area contributed by atoms with E-state index in [1.54, 1.807) is 37.3 Å². The van der Waals surface area contributed by atoms with Gasteiger partial charge in [-0.15, -0.1) is 0 Å². The van der Waals surface area contributed by atoms with Crippen molar-refractivity contribution in [2.75, 3.05) is 4.90 Å². The maximum atomic E-state index is 13.0. The minimum Gasteiger partial charge on any atom is -0.450 e. The lowest BCUT2D eigenvalue weighted by molar-refractivity contribution is -0.122. The van der Waals surface area contributed by atoms with Gasteiger partial charge in [0.2, 0.25) is 0 Å². The van der Waals surface area contributed by atoms with Gasteiger partial charge in [0.15, 0.2) is 5.09 Å². The number of furan rings is 1. The van der Waals surface area contributed by atoms with Crippen LogP contribution in [-0.4, -0.2) is 17.8 Å². The summed E-state index contributed by atoms with van der Waals surface area (Å²) >= 11 is 1.43. The van der Waals surface area contributed by atoms with Crippen LogP contribution >= 0.6 is 11.8 Å². The summed E-state index contributed by atoms with van der Waals surface area (Å²) in [6.07, 6.45) is 1.36. The third-order valence-electron chi connectivity index (χ3n) is 4.59. The van der Waals surface area contributed by atoms with E-state index in [0.717, 1.165) is 15.4 Å². The first kappa shape index (κ1) is 19.7. The monoisotopic (exact) mass is 418 g/mol. The van der Waals surface area contributed by atoms with E-state index in [0.29, 0.717) is 16.5 Å². The molecule has 6 nitrogen and oxygen atoms in total. The molecule has 1 saturated heterocycles. The fourth-order valence-electron chi connectivity index (χ4n) is 3.02. The van der Waals surface area contributed by atoms with Crippen molar-refractivity contribution >= 4 is 41.4 Å². The van der Waals surface area contributed by atoms with Crippen LogP contribution in [0.5, 0.6) is 0 Å². The van der Waals surface area contributed by atoms with Crippen molar-refractivity contribution in [3.05, 3.63) is 83.1 Å². The minimum atomic E-state index is -0.772. The number of rotatable bonds is 4. The van der Waals surface area contributed by atoms with Crippen LogP contribution in [0.4, 0.5) is 10.5 Å². The van der Waals surface area contributed by atoms with Crippen molar-refractivity contribution in [2.45, 2.75) is 23.8 Å². The molecule has 1 aromatic heterocycles. The number of anilines is 1. The maximum absolute atomic E-state index is 13.0. The molecule has 0 unspecified atom stereocenters. The molecule has 4 rings (SSSR count). The van der Waals surface area contributed by atoms with E-state index in [4.69, 9.17) is 4.42 Å². The van der Waals surface area contributed by atoms with Crippen molar-refractivity contribution in [1.82, 2.24) is 5.32 Å². The van der Waals surface area contributed by atoms with Crippen LogP contribution in [0.1, 0.15) is 16.9 Å². The van der Waals surface area contributed by atoms with Gasteiger partial charge in [0.05, 0.1) is 5.69 Å². The fraction of sp³-hybridized carbons (Fsp3) is 0.0870. The van der Waals surface area contributed by atoms with Crippen molar-refractivity contribution < 1.29 is 18.8 Å². The summed E-state index contributed by atoms with van der Waals surface area (Å²) in [5.41, 5.74) is 2.16. The van der Waals surface area contributed by atoms with Gasteiger partial charge in [0.25, 0.3) is 11.8 Å². The molecular formula is C23H18N2O4S. The average Bonchev–Trinajstić information content (AvgIpc) is 3.15. The Hall–Kier alpha value is -3.58. The maximum Gasteiger partial charge on any atom is 0.335 e. The summed E-state index contributed by atoms with van der Waals surface area (Å²) < 4.78 is 5.76. The summed E-state index contributed by atoms with van der Waals surface area (Å²) in [5.74, 6) is -1.09. The number of carbonyl (C=O) groups excluding carboxylic acids is 3. The SMILES string of the molecule is Cc1ccc(Sc2ccc(/C=C3\C(=O)NC(=O)N(c4ccccc4C)C3=O)o2)cc1. The molecule has 30 heavy (non-hydrogen) atoms. The van der Waals surface area contributed by atoms with E-state index >= 15 is 0 Å². The molecule has 0 atom stereocenters. The van der Waals surface area contributed by atoms with Crippen LogP contribution in [0.15, 0.2) is 80.6 Å². The molecule has 0 radical (unpaired) electrons. The third kappa shape index (κ3) is 3.92. The predicted octanol–water partition coefficient (Wildman–Crippen LogP) is 4.71. The van der Waals surface area contributed by atoms with Crippen molar-refractivity contribution in [2.24, 2.45) is 0 Å². The van der Waals surface area contributed by atoms with E-state index in [1.165, 1.54) is 23.4 Å². The summed E-state index contributed by atoms with van der Waals surface area (Å²) in [5, 5.41) is 2.85. The van der Waals surface area contributed by atoms with Crippen LogP contribution in [-0.2, 0) is 9.59 Å². The third-order valence-corrected chi connectivity index (χ3v) is 5.51. The minimum absolute atomic E-state index is 0.168. The predicted molar refractivity (Wildman–Crippen MR) is 114 cm³/mol. The van der Waals surface area contributed by atoms with Gasteiger partial charge in [-0.2, -0.15) is 0 Å². The molecule has 1 aliphatic rings. The van der Waals surface area contributed by atoms with Gasteiger partial charge >= 0.3 is 6.03 Å². The smallest absolute Gasteiger partial charge is 0.335 e. The lowest BCUT2D eigenvalue weighted by atomic mass is 10.1. The molecule has 3 aromatic rings. The van der Waals surface area contributed by atoms with Gasteiger partial charge in [-0.3, -0.25) is 14.9 Å². The van der Waals surface area contributed by atoms with E-state index < -0.39 is 17.8 Å². The number of carbonyl (C=O) groups is 3. The highest BCUT2D eigenvalue weighted by Gasteiger charge is 2.37. The number of para-hydroxylation sites is 1. The molecule has 0 spiro atoms. The number of benzene rings is 2. The van der Waals surface area contributed by atoms with E-state index in [9.17, 15) is 14.4 Å². The molecule has 0 bridgehead atoms. The van der Waals surface area contributed by atoms with Crippen molar-refractivity contribution in [3.63, 3.8) is 0 Å². The molecule has 0 aliphatic carbocycles. The molecule has 7 heteroatoms. The second-order valence-corrected chi connectivity index (χ2v) is 7.89. The molecule has 150 valence electrons. The fourth-order valence-corrected chi connectivity index (χ4v) is 3.80. The van der Waals surface area contributed by atoms with E-state index in [1.807, 2.05) is 37.3 Å². The number of hydrogen-bond donors (Lipinski definition) is 1. The molecular weight excluding hydrogens is 400 g/mol. The Labute approximate surface area is 177 Å². The first-order valence-corrected chi connectivity index (χ1v) is 10.1. The van der Waals surface area contributed by atoms with Crippen LogP contribution in [0.2, 0.25) is 0 Å². The summed E-state index contributed by atoms with van der Waals surface area (Å²) in [6.45, 7) is 3.81. The quantitative estimate of drug-likeness (QED) is 0.490. The Bertz CT molecular complexity index is 1180. The first-order valence-electron chi connectivity index (χ1n) is 9.24.